The highest BCUT2D eigenvalue weighted by Crippen LogP contribution is 2.45. The summed E-state index contributed by atoms with van der Waals surface area (Å²) in [4.78, 5) is 21.0. The van der Waals surface area contributed by atoms with E-state index in [1.807, 2.05) is 24.3 Å². The van der Waals surface area contributed by atoms with Crippen molar-refractivity contribution in [1.29, 1.82) is 0 Å². The number of rotatable bonds is 3. The summed E-state index contributed by atoms with van der Waals surface area (Å²) < 4.78 is 28.4. The van der Waals surface area contributed by atoms with Gasteiger partial charge in [-0.1, -0.05) is 12.1 Å². The molecular weight excluding hydrogens is 460 g/mol. The SMILES string of the molecule is CN1CCc2c(sc(NC(=O)c3ccc(F)cc3F)c2-c2nc3ccccc3s2)C1.Cl. The first-order valence-electron chi connectivity index (χ1n) is 9.45. The molecule has 0 radical (unpaired) electrons. The molecule has 1 N–H and O–H groups in total. The van der Waals surface area contributed by atoms with Gasteiger partial charge in [0.25, 0.3) is 5.91 Å². The molecule has 1 amide bonds. The van der Waals surface area contributed by atoms with E-state index in [2.05, 4.69) is 17.3 Å². The number of thiophene rings is 1. The molecule has 9 heteroatoms. The van der Waals surface area contributed by atoms with E-state index < -0.39 is 17.5 Å². The second-order valence-electron chi connectivity index (χ2n) is 7.26. The Morgan fingerprint density at radius 1 is 1.16 bits per heavy atom. The molecule has 0 saturated carbocycles. The number of nitrogens with zero attached hydrogens (tertiary/aromatic N) is 2. The highest BCUT2D eigenvalue weighted by molar-refractivity contribution is 7.23. The number of carbonyl (C=O) groups excluding carboxylic acids is 1. The Labute approximate surface area is 192 Å². The molecular formula is C22H18ClF2N3OS2. The van der Waals surface area contributed by atoms with Crippen LogP contribution < -0.4 is 5.32 Å². The Kier molecular flexibility index (Phi) is 6.07. The Balaban J connectivity index is 0.00000231. The largest absolute Gasteiger partial charge is 0.313 e. The van der Waals surface area contributed by atoms with Crippen molar-refractivity contribution < 1.29 is 13.6 Å². The van der Waals surface area contributed by atoms with Crippen molar-refractivity contribution in [3.63, 3.8) is 0 Å². The number of amides is 1. The minimum atomic E-state index is -0.880. The van der Waals surface area contributed by atoms with Crippen molar-refractivity contribution in [2.24, 2.45) is 0 Å². The highest BCUT2D eigenvalue weighted by atomic mass is 35.5. The number of aromatic nitrogens is 1. The number of benzene rings is 2. The van der Waals surface area contributed by atoms with E-state index in [1.165, 1.54) is 27.8 Å². The molecule has 0 unspecified atom stereocenters. The van der Waals surface area contributed by atoms with Gasteiger partial charge >= 0.3 is 0 Å². The summed E-state index contributed by atoms with van der Waals surface area (Å²) in [5.41, 5.74) is 2.83. The zero-order valence-electron chi connectivity index (χ0n) is 16.4. The van der Waals surface area contributed by atoms with E-state index in [9.17, 15) is 13.6 Å². The van der Waals surface area contributed by atoms with Crippen LogP contribution in [-0.4, -0.2) is 29.4 Å². The van der Waals surface area contributed by atoms with Crippen LogP contribution in [-0.2, 0) is 13.0 Å². The standard InChI is InChI=1S/C22H17F2N3OS2.ClH/c1-27-9-8-14-18(11-27)30-22(26-20(28)13-7-6-12(23)10-15(13)24)19(14)21-25-16-4-2-3-5-17(16)29-21;/h2-7,10H,8-9,11H2,1H3,(H,26,28);1H. The number of hydrogen-bond acceptors (Lipinski definition) is 5. The maximum atomic E-state index is 14.1. The minimum absolute atomic E-state index is 0. The van der Waals surface area contributed by atoms with Crippen LogP contribution in [0.4, 0.5) is 13.8 Å². The van der Waals surface area contributed by atoms with Gasteiger partial charge in [-0.15, -0.1) is 35.1 Å². The van der Waals surface area contributed by atoms with Crippen LogP contribution in [0.3, 0.4) is 0 Å². The predicted octanol–water partition coefficient (Wildman–Crippen LogP) is 5.97. The van der Waals surface area contributed by atoms with E-state index in [0.29, 0.717) is 5.00 Å². The first-order chi connectivity index (χ1) is 14.5. The Morgan fingerprint density at radius 2 is 1.97 bits per heavy atom. The third-order valence-electron chi connectivity index (χ3n) is 5.16. The molecule has 0 aliphatic carbocycles. The predicted molar refractivity (Wildman–Crippen MR) is 125 cm³/mol. The van der Waals surface area contributed by atoms with Crippen LogP contribution in [0.15, 0.2) is 42.5 Å². The van der Waals surface area contributed by atoms with Gasteiger partial charge in [0.1, 0.15) is 21.6 Å². The third-order valence-corrected chi connectivity index (χ3v) is 7.34. The molecule has 0 atom stereocenters. The number of carbonyl (C=O) groups is 1. The second kappa shape index (κ2) is 8.63. The number of anilines is 1. The monoisotopic (exact) mass is 477 g/mol. The number of fused-ring (bicyclic) bond motifs is 2. The number of para-hydroxylation sites is 1. The molecule has 3 heterocycles. The van der Waals surface area contributed by atoms with Crippen LogP contribution >= 0.6 is 35.1 Å². The van der Waals surface area contributed by atoms with Gasteiger partial charge in [-0.3, -0.25) is 4.79 Å². The van der Waals surface area contributed by atoms with Crippen LogP contribution in [0.25, 0.3) is 20.8 Å². The summed E-state index contributed by atoms with van der Waals surface area (Å²) in [6.07, 6.45) is 0.856. The van der Waals surface area contributed by atoms with Gasteiger partial charge in [-0.2, -0.15) is 0 Å². The van der Waals surface area contributed by atoms with Crippen LogP contribution in [0.1, 0.15) is 20.8 Å². The van der Waals surface area contributed by atoms with Crippen molar-refractivity contribution >= 4 is 56.2 Å². The summed E-state index contributed by atoms with van der Waals surface area (Å²) in [6.45, 7) is 1.71. The first-order valence-corrected chi connectivity index (χ1v) is 11.1. The van der Waals surface area contributed by atoms with Gasteiger partial charge in [0.15, 0.2) is 0 Å². The Hall–Kier alpha value is -2.39. The molecule has 31 heavy (non-hydrogen) atoms. The van der Waals surface area contributed by atoms with Crippen molar-refractivity contribution in [3.8, 4) is 10.6 Å². The van der Waals surface area contributed by atoms with Gasteiger partial charge in [-0.05, 0) is 43.3 Å². The molecule has 1 aliphatic heterocycles. The normalized spacial score (nSPS) is 13.6. The number of hydrogen-bond donors (Lipinski definition) is 1. The fourth-order valence-corrected chi connectivity index (χ4v) is 6.10. The molecule has 5 rings (SSSR count). The minimum Gasteiger partial charge on any atom is -0.313 e. The maximum Gasteiger partial charge on any atom is 0.259 e. The average Bonchev–Trinajstić information content (AvgIpc) is 3.27. The molecule has 1 aliphatic rings. The summed E-state index contributed by atoms with van der Waals surface area (Å²) >= 11 is 3.08. The molecule has 4 nitrogen and oxygen atoms in total. The van der Waals surface area contributed by atoms with Crippen LogP contribution in [0.2, 0.25) is 0 Å². The molecule has 0 saturated heterocycles. The van der Waals surface area contributed by atoms with Crippen molar-refractivity contribution in [3.05, 3.63) is 70.1 Å². The molecule has 2 aromatic carbocycles. The topological polar surface area (TPSA) is 45.2 Å². The number of halogens is 3. The van der Waals surface area contributed by atoms with E-state index in [4.69, 9.17) is 4.98 Å². The Morgan fingerprint density at radius 3 is 2.74 bits per heavy atom. The van der Waals surface area contributed by atoms with Gasteiger partial charge in [0.2, 0.25) is 0 Å². The van der Waals surface area contributed by atoms with Gasteiger partial charge in [0.05, 0.1) is 15.8 Å². The lowest BCUT2D eigenvalue weighted by Gasteiger charge is -2.22. The van der Waals surface area contributed by atoms with E-state index in [-0.39, 0.29) is 18.0 Å². The van der Waals surface area contributed by atoms with E-state index in [1.54, 1.807) is 11.3 Å². The summed E-state index contributed by atoms with van der Waals surface area (Å²) in [5.74, 6) is -2.19. The van der Waals surface area contributed by atoms with Gasteiger partial charge in [0, 0.05) is 29.6 Å². The lowest BCUT2D eigenvalue weighted by molar-refractivity contribution is 0.102. The van der Waals surface area contributed by atoms with E-state index in [0.717, 1.165) is 52.4 Å². The zero-order chi connectivity index (χ0) is 20.8. The highest BCUT2D eigenvalue weighted by Gasteiger charge is 2.27. The molecule has 0 spiro atoms. The second-order valence-corrected chi connectivity index (χ2v) is 9.40. The Bertz CT molecular complexity index is 1250. The molecule has 4 aromatic rings. The van der Waals surface area contributed by atoms with Gasteiger partial charge < -0.3 is 10.2 Å². The molecule has 160 valence electrons. The fraction of sp³-hybridized carbons (Fsp3) is 0.182. The van der Waals surface area contributed by atoms with Crippen LogP contribution in [0, 0.1) is 11.6 Å². The number of likely N-dealkylation sites (N-methyl/N-ethyl adjacent to an activating group) is 1. The van der Waals surface area contributed by atoms with E-state index >= 15 is 0 Å². The zero-order valence-corrected chi connectivity index (χ0v) is 18.9. The summed E-state index contributed by atoms with van der Waals surface area (Å²) in [7, 11) is 2.06. The first kappa shape index (κ1) is 21.8. The van der Waals surface area contributed by atoms with Crippen LogP contribution in [0.5, 0.6) is 0 Å². The number of thiazole rings is 1. The maximum absolute atomic E-state index is 14.1. The van der Waals surface area contributed by atoms with Crippen molar-refractivity contribution in [1.82, 2.24) is 9.88 Å². The van der Waals surface area contributed by atoms with Crippen molar-refractivity contribution in [2.75, 3.05) is 18.9 Å². The summed E-state index contributed by atoms with van der Waals surface area (Å²) in [6, 6.07) is 10.9. The fourth-order valence-electron chi connectivity index (χ4n) is 3.67. The average molecular weight is 478 g/mol. The smallest absolute Gasteiger partial charge is 0.259 e. The molecule has 0 fully saturated rings. The quantitative estimate of drug-likeness (QED) is 0.395. The lowest BCUT2D eigenvalue weighted by Crippen LogP contribution is -2.25. The van der Waals surface area contributed by atoms with Gasteiger partial charge in [-0.25, -0.2) is 13.8 Å². The molecule has 0 bridgehead atoms. The lowest BCUT2D eigenvalue weighted by atomic mass is 10.0. The summed E-state index contributed by atoms with van der Waals surface area (Å²) in [5, 5.41) is 4.36. The third kappa shape index (κ3) is 4.08. The van der Waals surface area contributed by atoms with Crippen molar-refractivity contribution in [2.45, 2.75) is 13.0 Å². The number of nitrogens with one attached hydrogen (secondary N) is 1. The molecule has 2 aromatic heterocycles.